The molecule has 116 valence electrons. The first-order chi connectivity index (χ1) is 9.65. The van der Waals surface area contributed by atoms with E-state index < -0.39 is 17.2 Å². The highest BCUT2D eigenvalue weighted by Crippen LogP contribution is 2.34. The van der Waals surface area contributed by atoms with Gasteiger partial charge in [0.2, 0.25) is 0 Å². The van der Waals surface area contributed by atoms with Gasteiger partial charge in [0.05, 0.1) is 15.8 Å². The molecule has 2 nitrogen and oxygen atoms in total. The molecule has 0 aliphatic rings. The lowest BCUT2D eigenvalue weighted by atomic mass is 10.2. The van der Waals surface area contributed by atoms with E-state index >= 15 is 0 Å². The van der Waals surface area contributed by atoms with Crippen LogP contribution in [-0.4, -0.2) is 22.8 Å². The molecule has 10 heteroatoms. The largest absolute Gasteiger partial charge is 0.441 e. The van der Waals surface area contributed by atoms with Crippen molar-refractivity contribution in [1.29, 1.82) is 0 Å². The van der Waals surface area contributed by atoms with Crippen LogP contribution in [0.4, 0.5) is 31.5 Å². The summed E-state index contributed by atoms with van der Waals surface area (Å²) in [4.78, 5) is 3.94. The molecule has 0 radical (unpaired) electrons. The Morgan fingerprint density at radius 3 is 2.48 bits per heavy atom. The normalized spacial score (nSPS) is 12.9. The lowest BCUT2D eigenvalue weighted by Gasteiger charge is -2.05. The first-order valence-electron chi connectivity index (χ1n) is 5.57. The molecule has 0 bridgehead atoms. The highest BCUT2D eigenvalue weighted by atomic mass is 32.2. The van der Waals surface area contributed by atoms with Crippen molar-refractivity contribution in [3.8, 4) is 0 Å². The fraction of sp³-hybridized carbons (Fsp3) is 0.364. The van der Waals surface area contributed by atoms with E-state index in [2.05, 4.69) is 10.3 Å². The Kier molecular flexibility index (Phi) is 4.57. The van der Waals surface area contributed by atoms with Crippen LogP contribution < -0.4 is 5.32 Å². The Morgan fingerprint density at radius 2 is 1.86 bits per heavy atom. The average Bonchev–Trinajstić information content (AvgIpc) is 2.74. The molecule has 0 unspecified atom stereocenters. The van der Waals surface area contributed by atoms with Gasteiger partial charge in [0, 0.05) is 12.3 Å². The van der Waals surface area contributed by atoms with Crippen molar-refractivity contribution in [1.82, 2.24) is 4.98 Å². The van der Waals surface area contributed by atoms with Crippen LogP contribution in [0.15, 0.2) is 18.2 Å². The number of rotatable bonds is 4. The number of fused-ring (bicyclic) bond motifs is 1. The molecule has 0 atom stereocenters. The summed E-state index contributed by atoms with van der Waals surface area (Å²) >= 11 is 0.926. The van der Waals surface area contributed by atoms with Crippen molar-refractivity contribution < 1.29 is 26.3 Å². The molecule has 0 amide bonds. The number of nitrogens with zero attached hydrogens (tertiary/aromatic N) is 1. The SMILES string of the molecule is FC(F)(F)SCCNc1nc2cc(C(F)(F)F)ccc2s1. The fourth-order valence-corrected chi connectivity index (χ4v) is 2.81. The molecule has 0 aliphatic carbocycles. The lowest BCUT2D eigenvalue weighted by molar-refractivity contribution is -0.137. The number of nitrogens with one attached hydrogen (secondary N) is 1. The maximum atomic E-state index is 12.5. The van der Waals surface area contributed by atoms with Crippen molar-refractivity contribution >= 4 is 38.4 Å². The minimum Gasteiger partial charge on any atom is -0.361 e. The average molecular weight is 346 g/mol. The first-order valence-corrected chi connectivity index (χ1v) is 7.38. The van der Waals surface area contributed by atoms with Gasteiger partial charge in [0.1, 0.15) is 0 Å². The van der Waals surface area contributed by atoms with Gasteiger partial charge in [-0.1, -0.05) is 11.3 Å². The number of halogens is 6. The molecule has 1 aromatic carbocycles. The minimum absolute atomic E-state index is 0.0239. The van der Waals surface area contributed by atoms with Gasteiger partial charge in [-0.05, 0) is 30.0 Å². The van der Waals surface area contributed by atoms with Crippen molar-refractivity contribution in [3.05, 3.63) is 23.8 Å². The predicted octanol–water partition coefficient (Wildman–Crippen LogP) is 4.98. The molecule has 0 spiro atoms. The molecule has 0 saturated carbocycles. The van der Waals surface area contributed by atoms with Gasteiger partial charge >= 0.3 is 11.7 Å². The minimum atomic E-state index is -4.45. The summed E-state index contributed by atoms with van der Waals surface area (Å²) in [7, 11) is 0. The van der Waals surface area contributed by atoms with Crippen molar-refractivity contribution in [2.45, 2.75) is 11.7 Å². The first kappa shape index (κ1) is 16.2. The van der Waals surface area contributed by atoms with E-state index in [0.29, 0.717) is 9.83 Å². The Balaban J connectivity index is 2.02. The predicted molar refractivity (Wildman–Crippen MR) is 71.6 cm³/mol. The Morgan fingerprint density at radius 1 is 1.14 bits per heavy atom. The molecule has 1 heterocycles. The van der Waals surface area contributed by atoms with Crippen LogP contribution in [0.1, 0.15) is 5.56 Å². The van der Waals surface area contributed by atoms with Crippen LogP contribution in [0.5, 0.6) is 0 Å². The van der Waals surface area contributed by atoms with E-state index in [1.54, 1.807) is 0 Å². The third-order valence-corrected chi connectivity index (χ3v) is 4.09. The molecule has 0 fully saturated rings. The van der Waals surface area contributed by atoms with Crippen LogP contribution in [0.3, 0.4) is 0 Å². The van der Waals surface area contributed by atoms with Gasteiger partial charge < -0.3 is 5.32 Å². The summed E-state index contributed by atoms with van der Waals surface area (Å²) in [6, 6.07) is 3.16. The number of thioether (sulfide) groups is 1. The molecule has 21 heavy (non-hydrogen) atoms. The molecule has 1 N–H and O–H groups in total. The Hall–Kier alpha value is -1.16. The fourth-order valence-electron chi connectivity index (χ4n) is 1.50. The Bertz CT molecular complexity index is 619. The van der Waals surface area contributed by atoms with Crippen LogP contribution in [0.2, 0.25) is 0 Å². The van der Waals surface area contributed by atoms with Gasteiger partial charge in [0.25, 0.3) is 0 Å². The van der Waals surface area contributed by atoms with Crippen LogP contribution >= 0.6 is 23.1 Å². The summed E-state index contributed by atoms with van der Waals surface area (Å²) < 4.78 is 73.9. The van der Waals surface area contributed by atoms with E-state index in [0.717, 1.165) is 23.5 Å². The summed E-state index contributed by atoms with van der Waals surface area (Å²) in [6.45, 7) is 0.0239. The maximum absolute atomic E-state index is 12.5. The van der Waals surface area contributed by atoms with Gasteiger partial charge in [-0.3, -0.25) is 0 Å². The number of aromatic nitrogens is 1. The van der Waals surface area contributed by atoms with Crippen molar-refractivity contribution in [2.75, 3.05) is 17.6 Å². The zero-order valence-corrected chi connectivity index (χ0v) is 11.8. The van der Waals surface area contributed by atoms with Crippen molar-refractivity contribution in [2.24, 2.45) is 0 Å². The second-order valence-electron chi connectivity index (χ2n) is 3.92. The number of thiazole rings is 1. The quantitative estimate of drug-likeness (QED) is 0.624. The third kappa shape index (κ3) is 4.67. The standard InChI is InChI=1S/C11H8F6N2S2/c12-10(13,14)6-1-2-8-7(5-6)19-9(21-8)18-3-4-20-11(15,16)17/h1-2,5H,3-4H2,(H,18,19). The van der Waals surface area contributed by atoms with E-state index in [-0.39, 0.29) is 29.6 Å². The monoisotopic (exact) mass is 346 g/mol. The summed E-state index contributed by atoms with van der Waals surface area (Å²) in [6.07, 6.45) is -4.45. The van der Waals surface area contributed by atoms with Crippen LogP contribution in [-0.2, 0) is 6.18 Å². The second-order valence-corrected chi connectivity index (χ2v) is 6.11. The topological polar surface area (TPSA) is 24.9 Å². The van der Waals surface area contributed by atoms with Crippen LogP contribution in [0, 0.1) is 0 Å². The summed E-state index contributed by atoms with van der Waals surface area (Å²) in [5.74, 6) is -0.201. The van der Waals surface area contributed by atoms with Gasteiger partial charge in [-0.25, -0.2) is 4.98 Å². The second kappa shape index (κ2) is 5.91. The third-order valence-electron chi connectivity index (χ3n) is 2.36. The number of benzene rings is 1. The molecular weight excluding hydrogens is 338 g/mol. The van der Waals surface area contributed by atoms with Gasteiger partial charge in [-0.2, -0.15) is 26.3 Å². The highest BCUT2D eigenvalue weighted by Gasteiger charge is 2.31. The Labute approximate surface area is 123 Å². The molecule has 0 saturated heterocycles. The molecule has 2 aromatic rings. The molecule has 0 aliphatic heterocycles. The summed E-state index contributed by atoms with van der Waals surface area (Å²) in [5.41, 5.74) is -4.93. The van der Waals surface area contributed by atoms with Crippen molar-refractivity contribution in [3.63, 3.8) is 0 Å². The number of hydrogen-bond acceptors (Lipinski definition) is 4. The number of hydrogen-bond donors (Lipinski definition) is 1. The van der Waals surface area contributed by atoms with Gasteiger partial charge in [-0.15, -0.1) is 0 Å². The molecular formula is C11H8F6N2S2. The molecule has 1 aromatic heterocycles. The smallest absolute Gasteiger partial charge is 0.361 e. The van der Waals surface area contributed by atoms with Crippen LogP contribution in [0.25, 0.3) is 10.2 Å². The van der Waals surface area contributed by atoms with E-state index in [1.807, 2.05) is 0 Å². The van der Waals surface area contributed by atoms with E-state index in [1.165, 1.54) is 6.07 Å². The highest BCUT2D eigenvalue weighted by molar-refractivity contribution is 8.00. The summed E-state index contributed by atoms with van der Waals surface area (Å²) in [5, 5.41) is 2.97. The van der Waals surface area contributed by atoms with E-state index in [4.69, 9.17) is 0 Å². The van der Waals surface area contributed by atoms with E-state index in [9.17, 15) is 26.3 Å². The van der Waals surface area contributed by atoms with Gasteiger partial charge in [0.15, 0.2) is 5.13 Å². The maximum Gasteiger partial charge on any atom is 0.441 e. The zero-order valence-electron chi connectivity index (χ0n) is 10.2. The lowest BCUT2D eigenvalue weighted by Crippen LogP contribution is -2.09. The number of anilines is 1. The zero-order chi connectivity index (χ0) is 15.7. The number of alkyl halides is 6. The molecule has 2 rings (SSSR count).